The van der Waals surface area contributed by atoms with Gasteiger partial charge < -0.3 is 19.9 Å². The van der Waals surface area contributed by atoms with Gasteiger partial charge in [0.2, 0.25) is 5.91 Å². The van der Waals surface area contributed by atoms with E-state index in [1.54, 1.807) is 34.9 Å². The van der Waals surface area contributed by atoms with Crippen LogP contribution in [0.1, 0.15) is 54.5 Å². The number of nitrogens with zero attached hydrogens (tertiary/aromatic N) is 4. The van der Waals surface area contributed by atoms with Gasteiger partial charge in [-0.05, 0) is 57.5 Å². The van der Waals surface area contributed by atoms with E-state index in [0.717, 1.165) is 4.88 Å². The molecule has 0 saturated carbocycles. The molecule has 1 fully saturated rings. The maximum atomic E-state index is 12.8. The van der Waals surface area contributed by atoms with Crippen molar-refractivity contribution in [1.82, 2.24) is 19.6 Å². The van der Waals surface area contributed by atoms with Crippen molar-refractivity contribution in [2.24, 2.45) is 5.73 Å². The summed E-state index contributed by atoms with van der Waals surface area (Å²) in [5, 5.41) is 15.3. The summed E-state index contributed by atoms with van der Waals surface area (Å²) in [5.41, 5.74) is 6.97. The molecule has 1 aliphatic heterocycles. The number of primary amides is 1. The Morgan fingerprint density at radius 3 is 2.52 bits per heavy atom. The Labute approximate surface area is 249 Å². The van der Waals surface area contributed by atoms with Gasteiger partial charge in [0.15, 0.2) is 11.5 Å². The molecule has 5 rings (SSSR count). The van der Waals surface area contributed by atoms with Crippen LogP contribution in [0.15, 0.2) is 40.9 Å². The fourth-order valence-corrected chi connectivity index (χ4v) is 6.84. The second-order valence-corrected chi connectivity index (χ2v) is 12.4. The van der Waals surface area contributed by atoms with Crippen molar-refractivity contribution in [3.05, 3.63) is 67.9 Å². The molecular formula is C27H26Cl3N5O4S. The van der Waals surface area contributed by atoms with Crippen LogP contribution < -0.4 is 5.73 Å². The van der Waals surface area contributed by atoms with Gasteiger partial charge in [-0.3, -0.25) is 9.69 Å². The Morgan fingerprint density at radius 1 is 1.20 bits per heavy atom. The van der Waals surface area contributed by atoms with Crippen LogP contribution in [0.2, 0.25) is 14.4 Å². The van der Waals surface area contributed by atoms with E-state index in [9.17, 15) is 14.7 Å². The number of piperidine rings is 1. The topological polar surface area (TPSA) is 127 Å². The Bertz CT molecular complexity index is 1560. The second kappa shape index (κ2) is 11.5. The fourth-order valence-electron chi connectivity index (χ4n) is 5.28. The molecule has 0 spiro atoms. The van der Waals surface area contributed by atoms with Crippen molar-refractivity contribution in [3.8, 4) is 22.0 Å². The van der Waals surface area contributed by atoms with E-state index in [1.165, 1.54) is 11.3 Å². The molecule has 2 unspecified atom stereocenters. The highest BCUT2D eigenvalue weighted by Gasteiger charge is 2.38. The van der Waals surface area contributed by atoms with E-state index < -0.39 is 17.9 Å². The molecular weight excluding hydrogens is 597 g/mol. The number of carbonyl (C=O) groups is 2. The van der Waals surface area contributed by atoms with Crippen molar-refractivity contribution < 1.29 is 19.2 Å². The molecule has 1 aliphatic rings. The molecule has 9 nitrogen and oxygen atoms in total. The molecule has 1 amide bonds. The number of carboxylic acid groups (broad SMARTS) is 1. The minimum Gasteiger partial charge on any atom is -0.477 e. The number of rotatable bonds is 8. The van der Waals surface area contributed by atoms with Gasteiger partial charge in [-0.1, -0.05) is 46.0 Å². The zero-order valence-electron chi connectivity index (χ0n) is 21.6. The first-order valence-electron chi connectivity index (χ1n) is 12.6. The number of likely N-dealkylation sites (tertiary alicyclic amines) is 1. The highest BCUT2D eigenvalue weighted by atomic mass is 35.5. The number of hydrogen-bond donors (Lipinski definition) is 2. The standard InChI is InChI=1S/C27H26Cl3N5O4S/c1-13(2)34-9-8-14(10-18(34)25(31)36)23-24(27(37)38)35(26(32-23)22-16(28)4-3-5-17(22)29)12-15-11-19(39-33-15)20-6-7-21(30)40-20/h3-7,11,13-14,18H,8-10,12H2,1-2H3,(H2,31,36)(H,37,38). The highest BCUT2D eigenvalue weighted by molar-refractivity contribution is 7.19. The Kier molecular flexibility index (Phi) is 8.26. The summed E-state index contributed by atoms with van der Waals surface area (Å²) in [4.78, 5) is 32.9. The molecule has 0 aliphatic carbocycles. The lowest BCUT2D eigenvalue weighted by atomic mass is 9.86. The number of benzene rings is 1. The summed E-state index contributed by atoms with van der Waals surface area (Å²) in [6.07, 6.45) is 0.940. The third-order valence-corrected chi connectivity index (χ3v) is 8.98. The van der Waals surface area contributed by atoms with Gasteiger partial charge in [0.1, 0.15) is 11.5 Å². The third-order valence-electron chi connectivity index (χ3n) is 7.10. The van der Waals surface area contributed by atoms with Crippen LogP contribution in [0, 0.1) is 0 Å². The number of nitrogens with two attached hydrogens (primary N) is 1. The van der Waals surface area contributed by atoms with E-state index in [1.807, 2.05) is 24.8 Å². The fraction of sp³-hybridized carbons (Fsp3) is 0.333. The first-order chi connectivity index (χ1) is 19.0. The maximum Gasteiger partial charge on any atom is 0.354 e. The minimum atomic E-state index is -1.17. The number of carboxylic acids is 1. The normalized spacial score (nSPS) is 17.9. The van der Waals surface area contributed by atoms with Crippen LogP contribution in [0.4, 0.5) is 0 Å². The van der Waals surface area contributed by atoms with Crippen LogP contribution >= 0.6 is 46.1 Å². The van der Waals surface area contributed by atoms with E-state index in [0.29, 0.717) is 56.5 Å². The number of imidazole rings is 1. The highest BCUT2D eigenvalue weighted by Crippen LogP contribution is 2.40. The SMILES string of the molecule is CC(C)N1CCC(c2nc(-c3c(Cl)cccc3Cl)n(Cc3cc(-c4ccc(Cl)s4)on3)c2C(=O)O)CC1C(N)=O. The van der Waals surface area contributed by atoms with Crippen molar-refractivity contribution >= 4 is 58.0 Å². The summed E-state index contributed by atoms with van der Waals surface area (Å²) in [6.45, 7) is 4.60. The molecule has 4 heterocycles. The molecule has 3 N–H and O–H groups in total. The number of hydrogen-bond acceptors (Lipinski definition) is 7. The monoisotopic (exact) mass is 621 g/mol. The van der Waals surface area contributed by atoms with Gasteiger partial charge in [0.05, 0.1) is 43.1 Å². The number of amides is 1. The number of thiophene rings is 1. The summed E-state index contributed by atoms with van der Waals surface area (Å²) in [6, 6.07) is 9.91. The third kappa shape index (κ3) is 5.51. The van der Waals surface area contributed by atoms with Gasteiger partial charge in [0.25, 0.3) is 0 Å². The Morgan fingerprint density at radius 2 is 1.93 bits per heavy atom. The molecule has 13 heteroatoms. The number of carbonyl (C=O) groups excluding carboxylic acids is 1. The van der Waals surface area contributed by atoms with Gasteiger partial charge in [-0.15, -0.1) is 11.3 Å². The first kappa shape index (κ1) is 28.6. The zero-order valence-corrected chi connectivity index (χ0v) is 24.7. The summed E-state index contributed by atoms with van der Waals surface area (Å²) >= 11 is 20.6. The second-order valence-electron chi connectivity index (χ2n) is 9.91. The average Bonchev–Trinajstić information content (AvgIpc) is 3.63. The predicted molar refractivity (Wildman–Crippen MR) is 155 cm³/mol. The smallest absolute Gasteiger partial charge is 0.354 e. The van der Waals surface area contributed by atoms with Crippen LogP contribution in [-0.2, 0) is 11.3 Å². The predicted octanol–water partition coefficient (Wildman–Crippen LogP) is 6.42. The Hall–Kier alpha value is -2.89. The number of aromatic nitrogens is 3. The van der Waals surface area contributed by atoms with Crippen LogP contribution in [0.3, 0.4) is 0 Å². The quantitative estimate of drug-likeness (QED) is 0.232. The molecule has 4 aromatic rings. The number of aromatic carboxylic acids is 1. The van der Waals surface area contributed by atoms with E-state index >= 15 is 0 Å². The molecule has 1 saturated heterocycles. The van der Waals surface area contributed by atoms with Crippen molar-refractivity contribution in [1.29, 1.82) is 0 Å². The maximum absolute atomic E-state index is 12.8. The van der Waals surface area contributed by atoms with Gasteiger partial charge >= 0.3 is 5.97 Å². The zero-order chi connectivity index (χ0) is 28.7. The molecule has 0 bridgehead atoms. The van der Waals surface area contributed by atoms with Gasteiger partial charge in [-0.2, -0.15) is 0 Å². The first-order valence-corrected chi connectivity index (χ1v) is 14.5. The molecule has 40 heavy (non-hydrogen) atoms. The molecule has 3 aromatic heterocycles. The van der Waals surface area contributed by atoms with Crippen molar-refractivity contribution in [2.75, 3.05) is 6.54 Å². The Balaban J connectivity index is 1.63. The van der Waals surface area contributed by atoms with Gasteiger partial charge in [0, 0.05) is 18.0 Å². The average molecular weight is 623 g/mol. The lowest BCUT2D eigenvalue weighted by molar-refractivity contribution is -0.125. The van der Waals surface area contributed by atoms with E-state index in [2.05, 4.69) is 5.16 Å². The van der Waals surface area contributed by atoms with E-state index in [4.69, 9.17) is 50.0 Å². The summed E-state index contributed by atoms with van der Waals surface area (Å²) in [5.74, 6) is -1.16. The van der Waals surface area contributed by atoms with Crippen LogP contribution in [-0.4, -0.2) is 55.2 Å². The molecule has 210 valence electrons. The minimum absolute atomic E-state index is 0.0260. The van der Waals surface area contributed by atoms with Crippen LogP contribution in [0.25, 0.3) is 22.0 Å². The molecule has 2 atom stereocenters. The lowest BCUT2D eigenvalue weighted by Gasteiger charge is -2.39. The number of halogens is 3. The summed E-state index contributed by atoms with van der Waals surface area (Å²) < 4.78 is 7.69. The van der Waals surface area contributed by atoms with Crippen molar-refractivity contribution in [3.63, 3.8) is 0 Å². The lowest BCUT2D eigenvalue weighted by Crippen LogP contribution is -2.52. The van der Waals surface area contributed by atoms with Gasteiger partial charge in [-0.25, -0.2) is 9.78 Å². The van der Waals surface area contributed by atoms with E-state index in [-0.39, 0.29) is 30.0 Å². The summed E-state index contributed by atoms with van der Waals surface area (Å²) in [7, 11) is 0. The van der Waals surface area contributed by atoms with Crippen LogP contribution in [0.5, 0.6) is 0 Å². The molecule has 1 aromatic carbocycles. The van der Waals surface area contributed by atoms with Crippen molar-refractivity contribution in [2.45, 2.75) is 51.2 Å². The largest absolute Gasteiger partial charge is 0.477 e. The molecule has 0 radical (unpaired) electrons.